The molecule has 0 bridgehead atoms. The summed E-state index contributed by atoms with van der Waals surface area (Å²) in [6, 6.07) is 4.35. The number of hydrogen-bond acceptors (Lipinski definition) is 6. The van der Waals surface area contributed by atoms with Crippen LogP contribution in [0.25, 0.3) is 17.2 Å². The molecule has 0 amide bonds. The summed E-state index contributed by atoms with van der Waals surface area (Å²) in [5.41, 5.74) is 7.52. The minimum absolute atomic E-state index is 0.596. The molecule has 0 aliphatic heterocycles. The van der Waals surface area contributed by atoms with Crippen molar-refractivity contribution in [3.8, 4) is 17.2 Å². The van der Waals surface area contributed by atoms with Gasteiger partial charge >= 0.3 is 0 Å². The Hall–Kier alpha value is -3.06. The molecule has 3 aromatic heterocycles. The second kappa shape index (κ2) is 6.92. The second-order valence-corrected chi connectivity index (χ2v) is 7.47. The zero-order valence-corrected chi connectivity index (χ0v) is 16.5. The summed E-state index contributed by atoms with van der Waals surface area (Å²) in [7, 11) is 0. The van der Waals surface area contributed by atoms with Crippen LogP contribution in [0.15, 0.2) is 42.4 Å². The van der Waals surface area contributed by atoms with Gasteiger partial charge in [-0.05, 0) is 50.5 Å². The first-order valence-corrected chi connectivity index (χ1v) is 9.51. The summed E-state index contributed by atoms with van der Waals surface area (Å²) in [6.45, 7) is 8.29. The number of imidazole rings is 1. The number of nitrogens with one attached hydrogen (secondary N) is 1. The average molecular weight is 376 g/mol. The molecule has 0 saturated carbocycles. The van der Waals surface area contributed by atoms with Crippen molar-refractivity contribution >= 4 is 22.2 Å². The third-order valence-corrected chi connectivity index (χ3v) is 5.22. The van der Waals surface area contributed by atoms with Gasteiger partial charge in [-0.1, -0.05) is 6.07 Å². The van der Waals surface area contributed by atoms with E-state index in [1.54, 1.807) is 34.6 Å². The van der Waals surface area contributed by atoms with E-state index in [2.05, 4.69) is 58.2 Å². The third kappa shape index (κ3) is 3.59. The molecule has 0 radical (unpaired) electrons. The minimum atomic E-state index is 0.596. The van der Waals surface area contributed by atoms with Crippen LogP contribution in [0, 0.1) is 27.7 Å². The maximum atomic E-state index is 4.68. The van der Waals surface area contributed by atoms with Crippen molar-refractivity contribution in [3.63, 3.8) is 0 Å². The number of nitrogens with zero attached hydrogens (tertiary/aromatic N) is 5. The Morgan fingerprint density at radius 1 is 0.926 bits per heavy atom. The van der Waals surface area contributed by atoms with Crippen molar-refractivity contribution in [2.24, 2.45) is 0 Å². The monoisotopic (exact) mass is 376 g/mol. The fourth-order valence-corrected chi connectivity index (χ4v) is 3.52. The highest BCUT2D eigenvalue weighted by Crippen LogP contribution is 2.29. The van der Waals surface area contributed by atoms with Crippen LogP contribution >= 0.6 is 11.3 Å². The van der Waals surface area contributed by atoms with E-state index in [4.69, 9.17) is 0 Å². The molecule has 136 valence electrons. The first kappa shape index (κ1) is 17.4. The molecule has 0 saturated heterocycles. The van der Waals surface area contributed by atoms with Crippen LogP contribution in [-0.4, -0.2) is 24.5 Å². The van der Waals surface area contributed by atoms with E-state index in [9.17, 15) is 0 Å². The largest absolute Gasteiger partial charge is 0.331 e. The van der Waals surface area contributed by atoms with Gasteiger partial charge in [0.25, 0.3) is 0 Å². The van der Waals surface area contributed by atoms with Crippen molar-refractivity contribution in [3.05, 3.63) is 64.8 Å². The summed E-state index contributed by atoms with van der Waals surface area (Å²) in [6.07, 6.45) is 7.18. The van der Waals surface area contributed by atoms with Crippen molar-refractivity contribution in [2.75, 3.05) is 5.32 Å². The van der Waals surface area contributed by atoms with Crippen molar-refractivity contribution < 1.29 is 0 Å². The van der Waals surface area contributed by atoms with E-state index in [0.29, 0.717) is 5.95 Å². The summed E-state index contributed by atoms with van der Waals surface area (Å²) < 4.78 is 1.80. The zero-order valence-electron chi connectivity index (χ0n) is 15.7. The Morgan fingerprint density at radius 2 is 1.67 bits per heavy atom. The molecule has 7 heteroatoms. The van der Waals surface area contributed by atoms with Crippen LogP contribution in [0.2, 0.25) is 0 Å². The Bertz CT molecular complexity index is 1090. The van der Waals surface area contributed by atoms with Gasteiger partial charge in [0.2, 0.25) is 5.95 Å². The summed E-state index contributed by atoms with van der Waals surface area (Å²) in [5, 5.41) is 6.29. The van der Waals surface area contributed by atoms with Gasteiger partial charge in [0, 0.05) is 35.2 Å². The molecule has 1 aromatic carbocycles. The van der Waals surface area contributed by atoms with Gasteiger partial charge in [0.05, 0.1) is 11.4 Å². The predicted octanol–water partition coefficient (Wildman–Crippen LogP) is 4.76. The van der Waals surface area contributed by atoms with Crippen molar-refractivity contribution in [1.82, 2.24) is 24.5 Å². The molecule has 1 N–H and O–H groups in total. The van der Waals surface area contributed by atoms with Crippen LogP contribution in [0.5, 0.6) is 0 Å². The third-order valence-electron chi connectivity index (χ3n) is 4.46. The highest BCUT2D eigenvalue weighted by atomic mass is 32.1. The standard InChI is InChI=1S/C20H20N6S/c1-12-5-14(3)17(6-13(12)2)24-20-25-18(10-27-20)16-7-21-19(22-8-16)26-9-15(4)23-11-26/h5-11H,1-4H3,(H,24,25). The first-order chi connectivity index (χ1) is 13.0. The minimum Gasteiger partial charge on any atom is -0.331 e. The first-order valence-electron chi connectivity index (χ1n) is 8.63. The molecule has 0 spiro atoms. The topological polar surface area (TPSA) is 68.5 Å². The lowest BCUT2D eigenvalue weighted by Crippen LogP contribution is -1.98. The molecular weight excluding hydrogens is 356 g/mol. The van der Waals surface area contributed by atoms with E-state index >= 15 is 0 Å². The fraction of sp³-hybridized carbons (Fsp3) is 0.200. The lowest BCUT2D eigenvalue weighted by molar-refractivity contribution is 0.926. The summed E-state index contributed by atoms with van der Waals surface area (Å²) in [4.78, 5) is 17.7. The average Bonchev–Trinajstić information content (AvgIpc) is 3.29. The lowest BCUT2D eigenvalue weighted by Gasteiger charge is -2.10. The molecule has 27 heavy (non-hydrogen) atoms. The molecule has 6 nitrogen and oxygen atoms in total. The lowest BCUT2D eigenvalue weighted by atomic mass is 10.1. The van der Waals surface area contributed by atoms with E-state index in [1.807, 2.05) is 18.5 Å². The van der Waals surface area contributed by atoms with E-state index < -0.39 is 0 Å². The molecule has 0 atom stereocenters. The number of rotatable bonds is 4. The van der Waals surface area contributed by atoms with Gasteiger partial charge in [-0.25, -0.2) is 19.9 Å². The van der Waals surface area contributed by atoms with Crippen LogP contribution in [0.4, 0.5) is 10.8 Å². The quantitative estimate of drug-likeness (QED) is 0.556. The number of anilines is 2. The smallest absolute Gasteiger partial charge is 0.234 e. The van der Waals surface area contributed by atoms with E-state index in [1.165, 1.54) is 16.7 Å². The van der Waals surface area contributed by atoms with Crippen LogP contribution in [-0.2, 0) is 0 Å². The molecule has 0 unspecified atom stereocenters. The van der Waals surface area contributed by atoms with Crippen molar-refractivity contribution in [1.29, 1.82) is 0 Å². The number of hydrogen-bond donors (Lipinski definition) is 1. The number of aromatic nitrogens is 5. The Morgan fingerprint density at radius 3 is 2.37 bits per heavy atom. The fourth-order valence-electron chi connectivity index (χ4n) is 2.79. The molecule has 0 fully saturated rings. The van der Waals surface area contributed by atoms with Crippen molar-refractivity contribution in [2.45, 2.75) is 27.7 Å². The molecule has 0 aliphatic carbocycles. The molecule has 4 aromatic rings. The Labute approximate surface area is 162 Å². The Balaban J connectivity index is 1.55. The Kier molecular flexibility index (Phi) is 4.45. The number of benzene rings is 1. The van der Waals surface area contributed by atoms with Crippen LogP contribution in [0.3, 0.4) is 0 Å². The van der Waals surface area contributed by atoms with Gasteiger partial charge in [-0.3, -0.25) is 4.57 Å². The number of aryl methyl sites for hydroxylation is 4. The molecule has 4 rings (SSSR count). The van der Waals surface area contributed by atoms with Gasteiger partial charge < -0.3 is 5.32 Å². The summed E-state index contributed by atoms with van der Waals surface area (Å²) in [5.74, 6) is 0.596. The van der Waals surface area contributed by atoms with E-state index in [0.717, 1.165) is 27.8 Å². The maximum Gasteiger partial charge on any atom is 0.234 e. The molecule has 3 heterocycles. The molecule has 0 aliphatic rings. The summed E-state index contributed by atoms with van der Waals surface area (Å²) >= 11 is 1.57. The van der Waals surface area contributed by atoms with Gasteiger partial charge in [0.1, 0.15) is 6.33 Å². The predicted molar refractivity (Wildman–Crippen MR) is 109 cm³/mol. The van der Waals surface area contributed by atoms with Gasteiger partial charge in [-0.15, -0.1) is 11.3 Å². The van der Waals surface area contributed by atoms with E-state index in [-0.39, 0.29) is 0 Å². The maximum absolute atomic E-state index is 4.68. The zero-order chi connectivity index (χ0) is 19.0. The normalized spacial score (nSPS) is 11.0. The highest BCUT2D eigenvalue weighted by molar-refractivity contribution is 7.14. The van der Waals surface area contributed by atoms with Gasteiger partial charge in [0.15, 0.2) is 5.13 Å². The SMILES string of the molecule is Cc1cn(-c2ncc(-c3csc(Nc4cc(C)c(C)cc4C)n3)cn2)cn1. The number of thiazole rings is 1. The molecular formula is C20H20N6S. The second-order valence-electron chi connectivity index (χ2n) is 6.61. The highest BCUT2D eigenvalue weighted by Gasteiger charge is 2.09. The van der Waals surface area contributed by atoms with Crippen LogP contribution in [0.1, 0.15) is 22.4 Å². The van der Waals surface area contributed by atoms with Crippen LogP contribution < -0.4 is 5.32 Å². The van der Waals surface area contributed by atoms with Gasteiger partial charge in [-0.2, -0.15) is 0 Å².